The van der Waals surface area contributed by atoms with Crippen molar-refractivity contribution in [2.24, 2.45) is 17.8 Å². The smallest absolute Gasteiger partial charge is 0.253 e. The number of methoxy groups -OCH3 is 1. The molecule has 27 heavy (non-hydrogen) atoms. The van der Waals surface area contributed by atoms with E-state index < -0.39 is 0 Å². The number of rotatable bonds is 6. The van der Waals surface area contributed by atoms with E-state index in [1.54, 1.807) is 18.1 Å². The average Bonchev–Trinajstić information content (AvgIpc) is 3.41. The number of aromatic nitrogens is 1. The highest BCUT2D eigenvalue weighted by molar-refractivity contribution is 5.83. The summed E-state index contributed by atoms with van der Waals surface area (Å²) in [5.41, 5.74) is 1.04. The number of carbonyl (C=O) groups excluding carboxylic acids is 1. The van der Waals surface area contributed by atoms with Crippen molar-refractivity contribution in [1.82, 2.24) is 9.88 Å². The zero-order valence-electron chi connectivity index (χ0n) is 15.6. The first-order valence-corrected chi connectivity index (χ1v) is 9.72. The molecule has 144 valence electrons. The Hall–Kier alpha value is -2.34. The van der Waals surface area contributed by atoms with Gasteiger partial charge in [-0.3, -0.25) is 9.59 Å². The molecule has 1 aromatic carbocycles. The zero-order chi connectivity index (χ0) is 19.0. The van der Waals surface area contributed by atoms with E-state index in [1.165, 1.54) is 12.8 Å². The van der Waals surface area contributed by atoms with Crippen LogP contribution in [0.2, 0.25) is 0 Å². The number of nitrogens with one attached hydrogen (secondary N) is 1. The quantitative estimate of drug-likeness (QED) is 0.817. The number of H-pyrrole nitrogens is 1. The number of amides is 1. The lowest BCUT2D eigenvalue weighted by molar-refractivity contribution is -0.134. The Morgan fingerprint density at radius 2 is 2.00 bits per heavy atom. The summed E-state index contributed by atoms with van der Waals surface area (Å²) in [4.78, 5) is 30.1. The van der Waals surface area contributed by atoms with Crippen LogP contribution in [0, 0.1) is 17.8 Å². The van der Waals surface area contributed by atoms with Crippen LogP contribution in [0.1, 0.15) is 31.2 Å². The molecule has 0 aliphatic heterocycles. The third kappa shape index (κ3) is 3.46. The van der Waals surface area contributed by atoms with Crippen LogP contribution in [0.25, 0.3) is 10.9 Å². The predicted octanol–water partition coefficient (Wildman–Crippen LogP) is 2.29. The topological polar surface area (TPSA) is 82.6 Å². The fourth-order valence-electron chi connectivity index (χ4n) is 4.63. The summed E-state index contributed by atoms with van der Waals surface area (Å²) in [6, 6.07) is 7.34. The van der Waals surface area contributed by atoms with E-state index in [-0.39, 0.29) is 37.1 Å². The molecule has 0 bridgehead atoms. The van der Waals surface area contributed by atoms with Crippen molar-refractivity contribution in [3.8, 4) is 5.75 Å². The minimum atomic E-state index is -0.209. The highest BCUT2D eigenvalue weighted by Crippen LogP contribution is 2.56. The van der Waals surface area contributed by atoms with E-state index in [2.05, 4.69) is 4.98 Å². The summed E-state index contributed by atoms with van der Waals surface area (Å²) in [5, 5.41) is 10.3. The first-order valence-electron chi connectivity index (χ1n) is 9.72. The van der Waals surface area contributed by atoms with E-state index in [0.717, 1.165) is 18.2 Å². The van der Waals surface area contributed by atoms with E-state index >= 15 is 0 Å². The lowest BCUT2D eigenvalue weighted by atomic mass is 10.0. The first-order chi connectivity index (χ1) is 13.1. The van der Waals surface area contributed by atoms with Gasteiger partial charge in [-0.2, -0.15) is 0 Å². The number of aromatic amines is 1. The van der Waals surface area contributed by atoms with Gasteiger partial charge in [-0.1, -0.05) is 12.8 Å². The normalized spacial score (nSPS) is 23.7. The second-order valence-electron chi connectivity index (χ2n) is 7.70. The van der Waals surface area contributed by atoms with Gasteiger partial charge in [0.25, 0.3) is 5.56 Å². The molecule has 2 atom stereocenters. The van der Waals surface area contributed by atoms with Crippen LogP contribution in [0.4, 0.5) is 0 Å². The summed E-state index contributed by atoms with van der Waals surface area (Å²) in [6.45, 7) is 0.387. The van der Waals surface area contributed by atoms with E-state index in [1.807, 2.05) is 18.2 Å². The lowest BCUT2D eigenvalue weighted by Gasteiger charge is -2.22. The van der Waals surface area contributed by atoms with Gasteiger partial charge in [-0.25, -0.2) is 0 Å². The molecular formula is C21H26N2O4. The molecule has 2 saturated carbocycles. The number of aliphatic hydroxyl groups is 1. The Labute approximate surface area is 158 Å². The second kappa shape index (κ2) is 7.35. The molecule has 0 spiro atoms. The molecule has 2 aliphatic carbocycles. The third-order valence-electron chi connectivity index (χ3n) is 6.11. The maximum absolute atomic E-state index is 13.0. The number of benzene rings is 1. The van der Waals surface area contributed by atoms with Gasteiger partial charge in [0, 0.05) is 24.1 Å². The zero-order valence-corrected chi connectivity index (χ0v) is 15.6. The van der Waals surface area contributed by atoms with Crippen molar-refractivity contribution < 1.29 is 14.6 Å². The fraction of sp³-hybridized carbons (Fsp3) is 0.524. The highest BCUT2D eigenvalue weighted by Gasteiger charge is 2.55. The van der Waals surface area contributed by atoms with Crippen LogP contribution >= 0.6 is 0 Å². The molecule has 0 saturated heterocycles. The van der Waals surface area contributed by atoms with Gasteiger partial charge in [-0.15, -0.1) is 0 Å². The number of nitrogens with zero attached hydrogens (tertiary/aromatic N) is 1. The first kappa shape index (κ1) is 18.0. The molecule has 2 aliphatic rings. The lowest BCUT2D eigenvalue weighted by Crippen LogP contribution is -2.36. The highest BCUT2D eigenvalue weighted by atomic mass is 16.5. The van der Waals surface area contributed by atoms with Crippen molar-refractivity contribution in [3.05, 3.63) is 40.2 Å². The van der Waals surface area contributed by atoms with Gasteiger partial charge in [0.2, 0.25) is 5.91 Å². The van der Waals surface area contributed by atoms with Crippen molar-refractivity contribution in [2.75, 3.05) is 20.3 Å². The number of aliphatic hydroxyl groups excluding tert-OH is 1. The Bertz CT molecular complexity index is 895. The predicted molar refractivity (Wildman–Crippen MR) is 103 cm³/mol. The number of hydrogen-bond donors (Lipinski definition) is 2. The summed E-state index contributed by atoms with van der Waals surface area (Å²) in [6.07, 6.45) is 4.68. The maximum Gasteiger partial charge on any atom is 0.253 e. The van der Waals surface area contributed by atoms with Crippen molar-refractivity contribution in [3.63, 3.8) is 0 Å². The summed E-state index contributed by atoms with van der Waals surface area (Å²) >= 11 is 0. The molecule has 6 heteroatoms. The number of pyridine rings is 1. The van der Waals surface area contributed by atoms with Gasteiger partial charge >= 0.3 is 0 Å². The van der Waals surface area contributed by atoms with Crippen LogP contribution < -0.4 is 10.3 Å². The minimum absolute atomic E-state index is 0.0860. The van der Waals surface area contributed by atoms with Crippen LogP contribution in [0.3, 0.4) is 0 Å². The summed E-state index contributed by atoms with van der Waals surface area (Å²) in [5.74, 6) is 1.88. The largest absolute Gasteiger partial charge is 0.497 e. The fourth-order valence-corrected chi connectivity index (χ4v) is 4.63. The average molecular weight is 370 g/mol. The Morgan fingerprint density at radius 1 is 1.26 bits per heavy atom. The van der Waals surface area contributed by atoms with Crippen LogP contribution in [0.5, 0.6) is 5.75 Å². The summed E-state index contributed by atoms with van der Waals surface area (Å²) < 4.78 is 5.20. The maximum atomic E-state index is 13.0. The molecule has 2 fully saturated rings. The van der Waals surface area contributed by atoms with Crippen LogP contribution in [0.15, 0.2) is 29.1 Å². The number of carbonyl (C=O) groups is 1. The molecule has 2 aromatic rings. The van der Waals surface area contributed by atoms with Crippen LogP contribution in [-0.2, 0) is 11.3 Å². The standard InChI is InChI=1S/C21H26N2O4/c1-27-15-7-6-13-10-14(20(25)22-18(13)11-15)12-23(8-9-24)21(26)19-16-4-2-3-5-17(16)19/h6-7,10-11,16-17,19,24H,2-5,8-9,12H2,1H3,(H,22,25). The SMILES string of the molecule is COc1ccc2cc(CN(CCO)C(=O)C3C4CCCCC43)c(=O)[nH]c2c1. The molecule has 0 radical (unpaired) electrons. The van der Waals surface area contributed by atoms with E-state index in [9.17, 15) is 14.7 Å². The number of ether oxygens (including phenoxy) is 1. The van der Waals surface area contributed by atoms with Gasteiger partial charge in [0.1, 0.15) is 5.75 Å². The van der Waals surface area contributed by atoms with Gasteiger partial charge in [0.15, 0.2) is 0 Å². The Balaban J connectivity index is 1.57. The van der Waals surface area contributed by atoms with Gasteiger partial charge < -0.3 is 19.7 Å². The Kier molecular flexibility index (Phi) is 4.91. The van der Waals surface area contributed by atoms with Crippen molar-refractivity contribution >= 4 is 16.8 Å². The number of fused-ring (bicyclic) bond motifs is 2. The van der Waals surface area contributed by atoms with Crippen LogP contribution in [-0.4, -0.2) is 41.2 Å². The minimum Gasteiger partial charge on any atom is -0.497 e. The Morgan fingerprint density at radius 3 is 2.67 bits per heavy atom. The van der Waals surface area contributed by atoms with Gasteiger partial charge in [0.05, 0.1) is 25.8 Å². The monoisotopic (exact) mass is 370 g/mol. The molecule has 4 rings (SSSR count). The molecule has 2 N–H and O–H groups in total. The molecule has 1 aromatic heterocycles. The van der Waals surface area contributed by atoms with Gasteiger partial charge in [-0.05, 0) is 48.3 Å². The second-order valence-corrected chi connectivity index (χ2v) is 7.70. The molecule has 2 unspecified atom stereocenters. The molecular weight excluding hydrogens is 344 g/mol. The molecule has 1 amide bonds. The molecule has 6 nitrogen and oxygen atoms in total. The van der Waals surface area contributed by atoms with Crippen molar-refractivity contribution in [1.29, 1.82) is 0 Å². The summed E-state index contributed by atoms with van der Waals surface area (Å²) in [7, 11) is 1.58. The third-order valence-corrected chi connectivity index (χ3v) is 6.11. The number of hydrogen-bond acceptors (Lipinski definition) is 4. The van der Waals surface area contributed by atoms with Crippen molar-refractivity contribution in [2.45, 2.75) is 32.2 Å². The van der Waals surface area contributed by atoms with E-state index in [4.69, 9.17) is 4.74 Å². The molecule has 1 heterocycles. The van der Waals surface area contributed by atoms with E-state index in [0.29, 0.717) is 28.7 Å².